The third-order valence-corrected chi connectivity index (χ3v) is 7.15. The lowest BCUT2D eigenvalue weighted by atomic mass is 9.83. The Labute approximate surface area is 204 Å². The van der Waals surface area contributed by atoms with Gasteiger partial charge in [0.15, 0.2) is 5.69 Å². The van der Waals surface area contributed by atoms with Crippen molar-refractivity contribution < 1.29 is 9.90 Å². The van der Waals surface area contributed by atoms with E-state index >= 15 is 0 Å². The molecule has 6 nitrogen and oxygen atoms in total. The number of H-pyrrole nitrogens is 1. The molecule has 0 amide bonds. The number of thiazole rings is 1. The summed E-state index contributed by atoms with van der Waals surface area (Å²) in [6.07, 6.45) is 6.05. The molecule has 0 saturated heterocycles. The maximum absolute atomic E-state index is 12.8. The lowest BCUT2D eigenvalue weighted by Gasteiger charge is -2.22. The second kappa shape index (κ2) is 8.62. The molecule has 8 heteroatoms. The van der Waals surface area contributed by atoms with Crippen LogP contribution >= 0.6 is 23.6 Å². The number of aromatic carboxylic acids is 1. The number of nitrogens with zero attached hydrogens (tertiary/aromatic N) is 2. The first kappa shape index (κ1) is 22.2. The Kier molecular flexibility index (Phi) is 5.63. The summed E-state index contributed by atoms with van der Waals surface area (Å²) in [5.41, 5.74) is 7.18. The number of carbonyl (C=O) groups is 1. The Balaban J connectivity index is 1.69. The topological polar surface area (TPSA) is 88.0 Å². The smallest absolute Gasteiger partial charge is 0.355 e. The van der Waals surface area contributed by atoms with Crippen LogP contribution in [0.1, 0.15) is 60.4 Å². The molecule has 170 valence electrons. The minimum absolute atomic E-state index is 0.0272. The summed E-state index contributed by atoms with van der Waals surface area (Å²) in [6, 6.07) is 12.7. The van der Waals surface area contributed by atoms with Gasteiger partial charge >= 0.3 is 11.7 Å². The van der Waals surface area contributed by atoms with Gasteiger partial charge in [-0.15, -0.1) is 11.3 Å². The van der Waals surface area contributed by atoms with Crippen molar-refractivity contribution in [3.05, 3.63) is 113 Å². The third kappa shape index (κ3) is 4.06. The molecule has 5 rings (SSSR count). The highest BCUT2D eigenvalue weighted by molar-refractivity contribution is 7.71. The Hall–Kier alpha value is -3.62. The van der Waals surface area contributed by atoms with Crippen LogP contribution in [0.4, 0.5) is 0 Å². The van der Waals surface area contributed by atoms with Crippen molar-refractivity contribution in [1.82, 2.24) is 14.5 Å². The minimum Gasteiger partial charge on any atom is -0.476 e. The summed E-state index contributed by atoms with van der Waals surface area (Å²) >= 11 is 6.87. The summed E-state index contributed by atoms with van der Waals surface area (Å²) in [7, 11) is 0. The zero-order valence-electron chi connectivity index (χ0n) is 18.5. The summed E-state index contributed by atoms with van der Waals surface area (Å²) in [4.78, 5) is 30.9. The van der Waals surface area contributed by atoms with E-state index in [4.69, 9.17) is 12.2 Å². The van der Waals surface area contributed by atoms with E-state index < -0.39 is 5.97 Å². The van der Waals surface area contributed by atoms with E-state index in [1.54, 1.807) is 6.20 Å². The maximum Gasteiger partial charge on any atom is 0.355 e. The van der Waals surface area contributed by atoms with Crippen molar-refractivity contribution in [2.24, 2.45) is 0 Å². The number of hydrogen-bond acceptors (Lipinski definition) is 5. The molecule has 0 atom stereocenters. The van der Waals surface area contributed by atoms with Crippen molar-refractivity contribution in [3.63, 3.8) is 0 Å². The Morgan fingerprint density at radius 2 is 1.71 bits per heavy atom. The second-order valence-electron chi connectivity index (χ2n) is 8.43. The molecule has 0 spiro atoms. The molecule has 2 N–H and O–H groups in total. The Morgan fingerprint density at radius 1 is 1.09 bits per heavy atom. The van der Waals surface area contributed by atoms with E-state index in [0.29, 0.717) is 9.65 Å². The monoisotopic (exact) mass is 487 g/mol. The number of aromatic nitrogens is 3. The number of fused-ring (bicyclic) bond motifs is 2. The number of nitrogens with one attached hydrogen (secondary N) is 1. The molecule has 0 bridgehead atoms. The highest BCUT2D eigenvalue weighted by atomic mass is 32.1. The van der Waals surface area contributed by atoms with Crippen molar-refractivity contribution in [2.45, 2.75) is 26.3 Å². The SMILES string of the molecule is Cc1ccc2c(c1)C=Cc1cc(C)ccc1C2c1cn(Cc2nc(C(=O)O)cs2)c(=O)[nH]c1=S. The zero-order valence-corrected chi connectivity index (χ0v) is 20.2. The van der Waals surface area contributed by atoms with E-state index in [1.807, 2.05) is 0 Å². The van der Waals surface area contributed by atoms with Crippen LogP contribution in [0.25, 0.3) is 12.2 Å². The van der Waals surface area contributed by atoms with Gasteiger partial charge in [0.1, 0.15) is 9.65 Å². The second-order valence-corrected chi connectivity index (χ2v) is 9.79. The summed E-state index contributed by atoms with van der Waals surface area (Å²) in [5.74, 6) is -1.27. The van der Waals surface area contributed by atoms with Crippen LogP contribution in [0.2, 0.25) is 0 Å². The van der Waals surface area contributed by atoms with E-state index in [2.05, 4.69) is 72.4 Å². The van der Waals surface area contributed by atoms with Crippen LogP contribution in [-0.4, -0.2) is 25.6 Å². The summed E-state index contributed by atoms with van der Waals surface area (Å²) < 4.78 is 1.90. The van der Waals surface area contributed by atoms with Crippen molar-refractivity contribution in [1.29, 1.82) is 0 Å². The summed E-state index contributed by atoms with van der Waals surface area (Å²) in [5, 5.41) is 11.2. The summed E-state index contributed by atoms with van der Waals surface area (Å²) in [6.45, 7) is 4.29. The van der Waals surface area contributed by atoms with Crippen LogP contribution in [0.3, 0.4) is 0 Å². The molecule has 2 aromatic heterocycles. The molecule has 0 unspecified atom stereocenters. The van der Waals surface area contributed by atoms with Gasteiger partial charge in [-0.1, -0.05) is 71.9 Å². The van der Waals surface area contributed by atoms with Crippen molar-refractivity contribution in [3.8, 4) is 0 Å². The largest absolute Gasteiger partial charge is 0.476 e. The number of aryl methyl sites for hydroxylation is 2. The van der Waals surface area contributed by atoms with Crippen LogP contribution in [0, 0.1) is 18.5 Å². The van der Waals surface area contributed by atoms with E-state index in [-0.39, 0.29) is 23.8 Å². The number of hydrogen-bond donors (Lipinski definition) is 2. The van der Waals surface area contributed by atoms with Gasteiger partial charge in [0, 0.05) is 23.1 Å². The van der Waals surface area contributed by atoms with Gasteiger partial charge in [-0.25, -0.2) is 14.6 Å². The highest BCUT2D eigenvalue weighted by Crippen LogP contribution is 2.39. The predicted molar refractivity (Wildman–Crippen MR) is 136 cm³/mol. The van der Waals surface area contributed by atoms with Gasteiger partial charge in [0.05, 0.1) is 6.54 Å². The van der Waals surface area contributed by atoms with Gasteiger partial charge in [0.2, 0.25) is 0 Å². The van der Waals surface area contributed by atoms with Gasteiger partial charge in [-0.3, -0.25) is 9.55 Å². The molecule has 0 saturated carbocycles. The van der Waals surface area contributed by atoms with E-state index in [9.17, 15) is 14.7 Å². The molecule has 2 heterocycles. The van der Waals surface area contributed by atoms with Crippen molar-refractivity contribution in [2.75, 3.05) is 0 Å². The molecule has 2 aromatic carbocycles. The van der Waals surface area contributed by atoms with Gasteiger partial charge in [-0.2, -0.15) is 0 Å². The lowest BCUT2D eigenvalue weighted by molar-refractivity contribution is 0.0691. The predicted octanol–water partition coefficient (Wildman–Crippen LogP) is 5.39. The molecule has 0 radical (unpaired) electrons. The quantitative estimate of drug-likeness (QED) is 0.332. The van der Waals surface area contributed by atoms with Gasteiger partial charge < -0.3 is 5.11 Å². The van der Waals surface area contributed by atoms with Crippen LogP contribution in [0.15, 0.2) is 52.8 Å². The average Bonchev–Trinajstić information content (AvgIpc) is 3.20. The van der Waals surface area contributed by atoms with Crippen molar-refractivity contribution >= 4 is 41.7 Å². The number of aromatic amines is 1. The third-order valence-electron chi connectivity index (χ3n) is 5.97. The Bertz CT molecular complexity index is 1540. The molecular weight excluding hydrogens is 466 g/mol. The molecule has 0 aliphatic heterocycles. The molecule has 1 aliphatic carbocycles. The fourth-order valence-corrected chi connectivity index (χ4v) is 5.39. The van der Waals surface area contributed by atoms with E-state index in [1.165, 1.54) is 21.3 Å². The molecule has 1 aliphatic rings. The normalized spacial score (nSPS) is 12.8. The first-order chi connectivity index (χ1) is 16.3. The molecule has 34 heavy (non-hydrogen) atoms. The number of rotatable bonds is 4. The lowest BCUT2D eigenvalue weighted by Crippen LogP contribution is -2.25. The Morgan fingerprint density at radius 3 is 2.26 bits per heavy atom. The molecular formula is C26H21N3O3S2. The molecule has 0 fully saturated rings. The van der Waals surface area contributed by atoms with Gasteiger partial charge in [0.25, 0.3) is 0 Å². The highest BCUT2D eigenvalue weighted by Gasteiger charge is 2.26. The standard InChI is InChI=1S/C26H21N3O3S2/c1-14-3-7-18-16(9-14)5-6-17-10-15(2)4-8-19(17)23(18)20-11-29(26(32)28-24(20)33)12-22-27-21(13-34-22)25(30)31/h3-11,13,23H,12H2,1-2H3,(H,30,31)(H,28,32,33). The number of carboxylic acid groups (broad SMARTS) is 1. The zero-order chi connectivity index (χ0) is 24.0. The first-order valence-electron chi connectivity index (χ1n) is 10.7. The fraction of sp³-hybridized carbons (Fsp3) is 0.154. The first-order valence-corrected chi connectivity index (χ1v) is 12.0. The van der Waals surface area contributed by atoms with Crippen LogP contribution in [0.5, 0.6) is 0 Å². The minimum atomic E-state index is -1.09. The van der Waals surface area contributed by atoms with E-state index in [0.717, 1.165) is 38.9 Å². The van der Waals surface area contributed by atoms with Gasteiger partial charge in [-0.05, 0) is 36.1 Å². The molecule has 4 aromatic rings. The maximum atomic E-state index is 12.8. The number of benzene rings is 2. The average molecular weight is 488 g/mol. The van der Waals surface area contributed by atoms with Crippen LogP contribution < -0.4 is 5.69 Å². The fourth-order valence-electron chi connectivity index (χ4n) is 4.36. The van der Waals surface area contributed by atoms with Crippen LogP contribution in [-0.2, 0) is 6.54 Å². The number of carboxylic acids is 1.